The number of fused-ring (bicyclic) bond motifs is 2. The van der Waals surface area contributed by atoms with Crippen LogP contribution >= 0.6 is 11.6 Å². The summed E-state index contributed by atoms with van der Waals surface area (Å²) in [5.41, 5.74) is 2.11. The highest BCUT2D eigenvalue weighted by atomic mass is 35.5. The van der Waals surface area contributed by atoms with Gasteiger partial charge in [0.2, 0.25) is 0 Å². The van der Waals surface area contributed by atoms with Crippen LogP contribution in [0, 0.1) is 0 Å². The molecule has 3 saturated heterocycles. The molecule has 3 heterocycles. The topological polar surface area (TPSA) is 54.0 Å². The van der Waals surface area contributed by atoms with Gasteiger partial charge in [-0.2, -0.15) is 0 Å². The first kappa shape index (κ1) is 25.4. The zero-order valence-electron chi connectivity index (χ0n) is 21.4. The number of methoxy groups -OCH3 is 1. The second kappa shape index (κ2) is 11.4. The van der Waals surface area contributed by atoms with Crippen LogP contribution in [0.4, 0.5) is 10.5 Å². The fraction of sp³-hybridized carbons (Fsp3) is 0.552. The van der Waals surface area contributed by atoms with Crippen LogP contribution in [-0.4, -0.2) is 66.9 Å². The first-order chi connectivity index (χ1) is 17.5. The molecule has 6 nitrogen and oxygen atoms in total. The van der Waals surface area contributed by atoms with Crippen molar-refractivity contribution in [2.45, 2.75) is 75.6 Å². The van der Waals surface area contributed by atoms with Gasteiger partial charge in [0.05, 0.1) is 6.61 Å². The van der Waals surface area contributed by atoms with Crippen molar-refractivity contribution in [3.05, 3.63) is 59.1 Å². The van der Waals surface area contributed by atoms with E-state index in [0.29, 0.717) is 24.0 Å². The first-order valence-corrected chi connectivity index (χ1v) is 13.7. The third-order valence-corrected chi connectivity index (χ3v) is 8.45. The van der Waals surface area contributed by atoms with Crippen molar-refractivity contribution in [1.82, 2.24) is 9.80 Å². The number of anilines is 1. The number of ether oxygens (including phenoxy) is 2. The molecule has 0 aliphatic carbocycles. The molecule has 3 aliphatic rings. The van der Waals surface area contributed by atoms with E-state index >= 15 is 0 Å². The maximum atomic E-state index is 12.8. The van der Waals surface area contributed by atoms with Crippen LogP contribution in [0.3, 0.4) is 0 Å². The summed E-state index contributed by atoms with van der Waals surface area (Å²) >= 11 is 6.02. The Kier molecular flexibility index (Phi) is 8.04. The van der Waals surface area contributed by atoms with Crippen LogP contribution < -0.4 is 10.1 Å². The molecule has 36 heavy (non-hydrogen) atoms. The zero-order valence-corrected chi connectivity index (χ0v) is 22.1. The predicted molar refractivity (Wildman–Crippen MR) is 144 cm³/mol. The Hall–Kier alpha value is -2.28. The molecular formula is C29H38ClN3O3. The molecule has 0 radical (unpaired) electrons. The summed E-state index contributed by atoms with van der Waals surface area (Å²) in [6, 6.07) is 17.5. The van der Waals surface area contributed by atoms with Crippen LogP contribution in [0.2, 0.25) is 5.02 Å². The number of amides is 2. The normalized spacial score (nSPS) is 25.5. The van der Waals surface area contributed by atoms with Gasteiger partial charge >= 0.3 is 6.03 Å². The summed E-state index contributed by atoms with van der Waals surface area (Å²) in [6.45, 7) is 4.56. The number of hydrogen-bond donors (Lipinski definition) is 1. The molecule has 7 heteroatoms. The van der Waals surface area contributed by atoms with Crippen molar-refractivity contribution in [2.75, 3.05) is 32.1 Å². The zero-order chi connectivity index (χ0) is 25.1. The largest absolute Gasteiger partial charge is 0.490 e. The first-order valence-electron chi connectivity index (χ1n) is 13.3. The molecule has 0 spiro atoms. The highest BCUT2D eigenvalue weighted by Crippen LogP contribution is 2.39. The van der Waals surface area contributed by atoms with E-state index in [1.807, 2.05) is 41.3 Å². The molecule has 5 rings (SSSR count). The van der Waals surface area contributed by atoms with Crippen LogP contribution in [-0.2, 0) is 4.74 Å². The second-order valence-electron chi connectivity index (χ2n) is 10.6. The van der Waals surface area contributed by atoms with Crippen LogP contribution in [0.5, 0.6) is 5.75 Å². The molecule has 2 amide bonds. The van der Waals surface area contributed by atoms with Gasteiger partial charge in [-0.05, 0) is 93.3 Å². The van der Waals surface area contributed by atoms with E-state index in [0.717, 1.165) is 61.8 Å². The molecule has 2 bridgehead atoms. The summed E-state index contributed by atoms with van der Waals surface area (Å²) in [7, 11) is 1.78. The van der Waals surface area contributed by atoms with Gasteiger partial charge in [-0.25, -0.2) is 4.79 Å². The monoisotopic (exact) mass is 511 g/mol. The van der Waals surface area contributed by atoms with Crippen LogP contribution in [0.25, 0.3) is 0 Å². The predicted octanol–water partition coefficient (Wildman–Crippen LogP) is 6.16. The molecule has 4 atom stereocenters. The van der Waals surface area contributed by atoms with Gasteiger partial charge in [-0.3, -0.25) is 4.90 Å². The Morgan fingerprint density at radius 2 is 1.64 bits per heavy atom. The number of urea groups is 1. The van der Waals surface area contributed by atoms with Crippen molar-refractivity contribution in [3.63, 3.8) is 0 Å². The number of carbonyl (C=O) groups is 1. The summed E-state index contributed by atoms with van der Waals surface area (Å²) in [5, 5.41) is 3.82. The van der Waals surface area contributed by atoms with Crippen LogP contribution in [0.1, 0.15) is 56.9 Å². The molecule has 2 aromatic carbocycles. The third kappa shape index (κ3) is 5.82. The highest BCUT2D eigenvalue weighted by Gasteiger charge is 2.43. The van der Waals surface area contributed by atoms with E-state index < -0.39 is 0 Å². The average Bonchev–Trinajstić information content (AvgIpc) is 3.16. The Balaban J connectivity index is 1.09. The van der Waals surface area contributed by atoms with Crippen molar-refractivity contribution in [2.24, 2.45) is 0 Å². The lowest BCUT2D eigenvalue weighted by Crippen LogP contribution is -2.51. The molecule has 1 N–H and O–H groups in total. The Labute approximate surface area is 219 Å². The van der Waals surface area contributed by atoms with Crippen molar-refractivity contribution < 1.29 is 14.3 Å². The van der Waals surface area contributed by atoms with Gasteiger partial charge in [0.25, 0.3) is 0 Å². The Morgan fingerprint density at radius 1 is 1.00 bits per heavy atom. The number of hydrogen-bond acceptors (Lipinski definition) is 4. The van der Waals surface area contributed by atoms with Gasteiger partial charge in [-0.15, -0.1) is 0 Å². The Morgan fingerprint density at radius 3 is 2.25 bits per heavy atom. The molecule has 3 fully saturated rings. The minimum Gasteiger partial charge on any atom is -0.490 e. The van der Waals surface area contributed by atoms with Crippen LogP contribution in [0.15, 0.2) is 48.5 Å². The van der Waals surface area contributed by atoms with E-state index in [1.165, 1.54) is 18.4 Å². The summed E-state index contributed by atoms with van der Waals surface area (Å²) < 4.78 is 11.8. The van der Waals surface area contributed by atoms with E-state index in [4.69, 9.17) is 21.1 Å². The lowest BCUT2D eigenvalue weighted by atomic mass is 9.89. The van der Waals surface area contributed by atoms with Gasteiger partial charge in [0.1, 0.15) is 11.9 Å². The molecular weight excluding hydrogens is 474 g/mol. The van der Waals surface area contributed by atoms with Gasteiger partial charge in [0, 0.05) is 49.0 Å². The van der Waals surface area contributed by atoms with E-state index in [-0.39, 0.29) is 12.1 Å². The quantitative estimate of drug-likeness (QED) is 0.483. The molecule has 3 aliphatic heterocycles. The molecule has 2 aromatic rings. The average molecular weight is 512 g/mol. The minimum absolute atomic E-state index is 0.0349. The maximum Gasteiger partial charge on any atom is 0.321 e. The van der Waals surface area contributed by atoms with Gasteiger partial charge in [0.15, 0.2) is 0 Å². The lowest BCUT2D eigenvalue weighted by molar-refractivity contribution is 0.00198. The molecule has 0 aromatic heterocycles. The smallest absolute Gasteiger partial charge is 0.321 e. The molecule has 194 valence electrons. The van der Waals surface area contributed by atoms with Gasteiger partial charge < -0.3 is 19.7 Å². The minimum atomic E-state index is -0.0349. The number of carbonyl (C=O) groups excluding carboxylic acids is 1. The molecule has 0 saturated carbocycles. The summed E-state index contributed by atoms with van der Waals surface area (Å²) in [5.74, 6) is 1.35. The number of likely N-dealkylation sites (tertiary alicyclic amines) is 1. The number of halogens is 1. The number of nitrogens with one attached hydrogen (secondary N) is 1. The number of nitrogens with zero attached hydrogens (tertiary/aromatic N) is 2. The fourth-order valence-corrected chi connectivity index (χ4v) is 6.60. The fourth-order valence-electron chi connectivity index (χ4n) is 6.47. The molecule has 1 unspecified atom stereocenters. The summed E-state index contributed by atoms with van der Waals surface area (Å²) in [4.78, 5) is 17.4. The maximum absolute atomic E-state index is 12.8. The highest BCUT2D eigenvalue weighted by molar-refractivity contribution is 6.30. The van der Waals surface area contributed by atoms with E-state index in [1.54, 1.807) is 7.11 Å². The third-order valence-electron chi connectivity index (χ3n) is 8.20. The Bertz CT molecular complexity index is 993. The van der Waals surface area contributed by atoms with Crippen molar-refractivity contribution in [3.8, 4) is 5.75 Å². The SMILES string of the molecule is COCC(C)N1[C@@H]2CC[C@H]1C[C@@H](Oc1ccc(NC(=O)N3CCC(c4ccc(Cl)cc4)CC3)cc1)C2. The summed E-state index contributed by atoms with van der Waals surface area (Å²) in [6.07, 6.45) is 6.81. The van der Waals surface area contributed by atoms with E-state index in [9.17, 15) is 4.79 Å². The number of piperidine rings is 2. The van der Waals surface area contributed by atoms with Crippen molar-refractivity contribution in [1.29, 1.82) is 0 Å². The second-order valence-corrected chi connectivity index (χ2v) is 11.1. The number of rotatable bonds is 7. The van der Waals surface area contributed by atoms with Crippen molar-refractivity contribution >= 4 is 23.3 Å². The standard InChI is InChI=1S/C29H38ClN3O3/c1-20(19-35-2)33-25-9-10-26(33)18-28(17-25)36-27-11-7-24(8-12-27)31-29(34)32-15-13-22(14-16-32)21-3-5-23(30)6-4-21/h3-8,11-12,20,22,25-26,28H,9-10,13-19H2,1-2H3,(H,31,34)/t20?,25-,26+,28+. The lowest BCUT2D eigenvalue weighted by Gasteiger charge is -2.42. The van der Waals surface area contributed by atoms with E-state index in [2.05, 4.69) is 29.3 Å². The number of benzene rings is 2. The van der Waals surface area contributed by atoms with Gasteiger partial charge in [-0.1, -0.05) is 23.7 Å².